The minimum Gasteiger partial charge on any atom is -0.497 e. The third-order valence-electron chi connectivity index (χ3n) is 4.31. The number of methoxy groups -OCH3 is 1. The fraction of sp³-hybridized carbons (Fsp3) is 0.389. The minimum atomic E-state index is -0.383. The SMILES string of the molecule is COc1ccc(NC(=O)Nc2nc(CC(=O)N3CCN(C)CC3)cs2)cc1. The molecule has 144 valence electrons. The number of urea groups is 1. The van der Waals surface area contributed by atoms with Gasteiger partial charge in [0.1, 0.15) is 5.75 Å². The summed E-state index contributed by atoms with van der Waals surface area (Å²) >= 11 is 1.30. The van der Waals surface area contributed by atoms with Gasteiger partial charge in [0.2, 0.25) is 5.91 Å². The van der Waals surface area contributed by atoms with Crippen LogP contribution in [0.25, 0.3) is 0 Å². The first-order valence-corrected chi connectivity index (χ1v) is 9.54. The molecule has 1 saturated heterocycles. The Morgan fingerprint density at radius 3 is 2.52 bits per heavy atom. The van der Waals surface area contributed by atoms with E-state index in [1.54, 1.807) is 36.8 Å². The lowest BCUT2D eigenvalue weighted by molar-refractivity contribution is -0.132. The third kappa shape index (κ3) is 5.41. The van der Waals surface area contributed by atoms with E-state index < -0.39 is 0 Å². The molecule has 1 aromatic carbocycles. The van der Waals surface area contributed by atoms with Crippen molar-refractivity contribution in [1.29, 1.82) is 0 Å². The average molecular weight is 389 g/mol. The van der Waals surface area contributed by atoms with Crippen LogP contribution in [-0.2, 0) is 11.2 Å². The summed E-state index contributed by atoms with van der Waals surface area (Å²) in [6.07, 6.45) is 0.252. The Bertz CT molecular complexity index is 785. The van der Waals surface area contributed by atoms with Gasteiger partial charge in [-0.15, -0.1) is 11.3 Å². The number of benzene rings is 1. The molecule has 3 amide bonds. The molecule has 27 heavy (non-hydrogen) atoms. The maximum atomic E-state index is 12.4. The number of rotatable bonds is 5. The number of piperazine rings is 1. The van der Waals surface area contributed by atoms with Crippen LogP contribution in [0.2, 0.25) is 0 Å². The first-order valence-electron chi connectivity index (χ1n) is 8.66. The van der Waals surface area contributed by atoms with Crippen LogP contribution in [0.1, 0.15) is 5.69 Å². The molecular weight excluding hydrogens is 366 g/mol. The van der Waals surface area contributed by atoms with Crippen LogP contribution in [-0.4, -0.2) is 67.1 Å². The molecule has 1 aliphatic rings. The van der Waals surface area contributed by atoms with Crippen molar-refractivity contribution in [2.45, 2.75) is 6.42 Å². The number of amides is 3. The van der Waals surface area contributed by atoms with Crippen molar-refractivity contribution in [3.63, 3.8) is 0 Å². The minimum absolute atomic E-state index is 0.0719. The highest BCUT2D eigenvalue weighted by Gasteiger charge is 2.20. The Balaban J connectivity index is 1.49. The van der Waals surface area contributed by atoms with Crippen LogP contribution < -0.4 is 15.4 Å². The fourth-order valence-corrected chi connectivity index (χ4v) is 3.41. The van der Waals surface area contributed by atoms with Crippen LogP contribution in [0.5, 0.6) is 5.75 Å². The van der Waals surface area contributed by atoms with Crippen molar-refractivity contribution in [2.24, 2.45) is 0 Å². The molecule has 0 bridgehead atoms. The quantitative estimate of drug-likeness (QED) is 0.818. The Kier molecular flexibility index (Phi) is 6.25. The molecule has 1 aromatic heterocycles. The van der Waals surface area contributed by atoms with Gasteiger partial charge >= 0.3 is 6.03 Å². The smallest absolute Gasteiger partial charge is 0.325 e. The van der Waals surface area contributed by atoms with Gasteiger partial charge in [-0.2, -0.15) is 0 Å². The van der Waals surface area contributed by atoms with Crippen molar-refractivity contribution in [3.05, 3.63) is 35.3 Å². The van der Waals surface area contributed by atoms with Crippen LogP contribution in [0.15, 0.2) is 29.6 Å². The summed E-state index contributed by atoms with van der Waals surface area (Å²) in [5, 5.41) is 7.68. The molecule has 8 nitrogen and oxygen atoms in total. The highest BCUT2D eigenvalue weighted by molar-refractivity contribution is 7.14. The molecule has 1 aliphatic heterocycles. The van der Waals surface area contributed by atoms with Crippen LogP contribution >= 0.6 is 11.3 Å². The molecule has 0 unspecified atom stereocenters. The zero-order chi connectivity index (χ0) is 19.2. The predicted molar refractivity (Wildman–Crippen MR) is 106 cm³/mol. The van der Waals surface area contributed by atoms with E-state index >= 15 is 0 Å². The Labute approximate surface area is 162 Å². The molecule has 0 saturated carbocycles. The van der Waals surface area contributed by atoms with Crippen molar-refractivity contribution in [1.82, 2.24) is 14.8 Å². The number of aromatic nitrogens is 1. The van der Waals surface area contributed by atoms with Gasteiger partial charge in [-0.25, -0.2) is 9.78 Å². The van der Waals surface area contributed by atoms with E-state index in [0.29, 0.717) is 16.5 Å². The summed E-state index contributed by atoms with van der Waals surface area (Å²) in [7, 11) is 3.64. The maximum Gasteiger partial charge on any atom is 0.325 e. The number of anilines is 2. The molecule has 9 heteroatoms. The zero-order valence-corrected chi connectivity index (χ0v) is 16.2. The van der Waals surface area contributed by atoms with E-state index in [-0.39, 0.29) is 18.4 Å². The highest BCUT2D eigenvalue weighted by atomic mass is 32.1. The Morgan fingerprint density at radius 1 is 1.15 bits per heavy atom. The van der Waals surface area contributed by atoms with E-state index in [2.05, 4.69) is 27.6 Å². The fourth-order valence-electron chi connectivity index (χ4n) is 2.70. The average Bonchev–Trinajstić information content (AvgIpc) is 3.09. The van der Waals surface area contributed by atoms with Crippen molar-refractivity contribution >= 4 is 34.1 Å². The standard InChI is InChI=1S/C18H23N5O3S/c1-22-7-9-23(10-8-22)16(24)11-14-12-27-18(20-14)21-17(25)19-13-3-5-15(26-2)6-4-13/h3-6,12H,7-11H2,1-2H3,(H2,19,20,21,25). The van der Waals surface area contributed by atoms with Crippen LogP contribution in [0, 0.1) is 0 Å². The van der Waals surface area contributed by atoms with Crippen LogP contribution in [0.4, 0.5) is 15.6 Å². The van der Waals surface area contributed by atoms with Gasteiger partial charge in [0.05, 0.1) is 19.2 Å². The number of nitrogens with one attached hydrogen (secondary N) is 2. The van der Waals surface area contributed by atoms with Gasteiger partial charge in [0.25, 0.3) is 0 Å². The molecular formula is C18H23N5O3S. The highest BCUT2D eigenvalue weighted by Crippen LogP contribution is 2.18. The summed E-state index contributed by atoms with van der Waals surface area (Å²) in [4.78, 5) is 32.8. The lowest BCUT2D eigenvalue weighted by Crippen LogP contribution is -2.47. The number of likely N-dealkylation sites (N-methyl/N-ethyl adjacent to an activating group) is 1. The molecule has 2 N–H and O–H groups in total. The van der Waals surface area contributed by atoms with Crippen molar-refractivity contribution in [3.8, 4) is 5.75 Å². The molecule has 2 heterocycles. The molecule has 1 fully saturated rings. The van der Waals surface area contributed by atoms with Gasteiger partial charge in [0.15, 0.2) is 5.13 Å². The monoisotopic (exact) mass is 389 g/mol. The molecule has 0 aliphatic carbocycles. The van der Waals surface area contributed by atoms with Gasteiger partial charge in [0, 0.05) is 37.2 Å². The van der Waals surface area contributed by atoms with E-state index in [4.69, 9.17) is 4.74 Å². The largest absolute Gasteiger partial charge is 0.497 e. The summed E-state index contributed by atoms with van der Waals surface area (Å²) in [5.74, 6) is 0.790. The van der Waals surface area contributed by atoms with Gasteiger partial charge in [-0.3, -0.25) is 10.1 Å². The summed E-state index contributed by atoms with van der Waals surface area (Å²) < 4.78 is 5.08. The number of hydrogen-bond acceptors (Lipinski definition) is 6. The summed E-state index contributed by atoms with van der Waals surface area (Å²) in [6.45, 7) is 3.27. The number of hydrogen-bond donors (Lipinski definition) is 2. The van der Waals surface area contributed by atoms with E-state index in [0.717, 1.165) is 31.9 Å². The normalized spacial score (nSPS) is 14.7. The van der Waals surface area contributed by atoms with E-state index in [9.17, 15) is 9.59 Å². The topological polar surface area (TPSA) is 86.8 Å². The Hall–Kier alpha value is -2.65. The Morgan fingerprint density at radius 2 is 1.85 bits per heavy atom. The van der Waals surface area contributed by atoms with Gasteiger partial charge in [-0.05, 0) is 31.3 Å². The lowest BCUT2D eigenvalue weighted by atomic mass is 10.2. The number of carbonyl (C=O) groups excluding carboxylic acids is 2. The lowest BCUT2D eigenvalue weighted by Gasteiger charge is -2.32. The number of thiazole rings is 1. The van der Waals surface area contributed by atoms with Gasteiger partial charge < -0.3 is 19.9 Å². The maximum absolute atomic E-state index is 12.4. The first kappa shape index (κ1) is 19.1. The second-order valence-corrected chi connectivity index (χ2v) is 7.17. The van der Waals surface area contributed by atoms with Crippen molar-refractivity contribution in [2.75, 3.05) is 51.0 Å². The summed E-state index contributed by atoms with van der Waals surface area (Å²) in [6, 6.07) is 6.65. The summed E-state index contributed by atoms with van der Waals surface area (Å²) in [5.41, 5.74) is 1.32. The zero-order valence-electron chi connectivity index (χ0n) is 15.4. The van der Waals surface area contributed by atoms with E-state index in [1.807, 2.05) is 4.90 Å². The number of nitrogens with zero attached hydrogens (tertiary/aromatic N) is 3. The molecule has 0 spiro atoms. The molecule has 0 radical (unpaired) electrons. The first-order chi connectivity index (χ1) is 13.0. The second kappa shape index (κ2) is 8.83. The predicted octanol–water partition coefficient (Wildman–Crippen LogP) is 2.11. The molecule has 0 atom stereocenters. The van der Waals surface area contributed by atoms with Gasteiger partial charge in [-0.1, -0.05) is 0 Å². The second-order valence-electron chi connectivity index (χ2n) is 6.31. The van der Waals surface area contributed by atoms with Crippen molar-refractivity contribution < 1.29 is 14.3 Å². The number of ether oxygens (including phenoxy) is 1. The third-order valence-corrected chi connectivity index (χ3v) is 5.11. The molecule has 3 rings (SSSR count). The molecule has 2 aromatic rings. The number of carbonyl (C=O) groups is 2. The van der Waals surface area contributed by atoms with E-state index in [1.165, 1.54) is 11.3 Å². The van der Waals surface area contributed by atoms with Crippen LogP contribution in [0.3, 0.4) is 0 Å².